The lowest BCUT2D eigenvalue weighted by Crippen LogP contribution is -2.33. The van der Waals surface area contributed by atoms with Gasteiger partial charge in [0, 0.05) is 24.7 Å². The molecular formula is C15H20N2O. The molecule has 1 aliphatic heterocycles. The van der Waals surface area contributed by atoms with Crippen LogP contribution in [0.3, 0.4) is 0 Å². The Morgan fingerprint density at radius 1 is 1.33 bits per heavy atom. The highest BCUT2D eigenvalue weighted by atomic mass is 16.2. The highest BCUT2D eigenvalue weighted by molar-refractivity contribution is 5.94. The Hall–Kier alpha value is -1.35. The van der Waals surface area contributed by atoms with E-state index in [0.717, 1.165) is 30.6 Å². The topological polar surface area (TPSA) is 46.3 Å². The minimum Gasteiger partial charge on any atom is -0.338 e. The molecule has 0 bridgehead atoms. The first kappa shape index (κ1) is 11.7. The highest BCUT2D eigenvalue weighted by Gasteiger charge is 2.42. The average Bonchev–Trinajstić information content (AvgIpc) is 2.91. The smallest absolute Gasteiger partial charge is 0.253 e. The number of nitrogens with two attached hydrogens (primary N) is 1. The Balaban J connectivity index is 1.75. The van der Waals surface area contributed by atoms with E-state index in [2.05, 4.69) is 0 Å². The summed E-state index contributed by atoms with van der Waals surface area (Å²) < 4.78 is 0. The van der Waals surface area contributed by atoms with Crippen molar-refractivity contribution in [2.75, 3.05) is 13.1 Å². The van der Waals surface area contributed by atoms with Gasteiger partial charge in [-0.05, 0) is 43.7 Å². The second-order valence-corrected chi connectivity index (χ2v) is 5.74. The molecule has 1 saturated heterocycles. The molecule has 2 aliphatic rings. The van der Waals surface area contributed by atoms with E-state index >= 15 is 0 Å². The van der Waals surface area contributed by atoms with Gasteiger partial charge in [0.1, 0.15) is 0 Å². The van der Waals surface area contributed by atoms with Gasteiger partial charge in [-0.1, -0.05) is 17.7 Å². The number of rotatable bonds is 1. The molecular weight excluding hydrogens is 224 g/mol. The Kier molecular flexibility index (Phi) is 2.86. The molecule has 96 valence electrons. The fourth-order valence-corrected chi connectivity index (χ4v) is 3.43. The van der Waals surface area contributed by atoms with Crippen LogP contribution >= 0.6 is 0 Å². The summed E-state index contributed by atoms with van der Waals surface area (Å²) in [6.45, 7) is 3.76. The molecule has 0 aromatic heterocycles. The van der Waals surface area contributed by atoms with Gasteiger partial charge in [-0.3, -0.25) is 4.79 Å². The van der Waals surface area contributed by atoms with Gasteiger partial charge < -0.3 is 10.6 Å². The molecule has 2 N–H and O–H groups in total. The Morgan fingerprint density at radius 2 is 2.17 bits per heavy atom. The molecule has 3 heteroatoms. The van der Waals surface area contributed by atoms with Crippen molar-refractivity contribution in [2.24, 2.45) is 17.6 Å². The SMILES string of the molecule is Cc1cccc(C(=O)N2CC3CCC(N)C3C2)c1. The summed E-state index contributed by atoms with van der Waals surface area (Å²) in [5, 5.41) is 0. The lowest BCUT2D eigenvalue weighted by molar-refractivity contribution is 0.0779. The summed E-state index contributed by atoms with van der Waals surface area (Å²) in [6, 6.07) is 8.14. The molecule has 1 saturated carbocycles. The predicted molar refractivity (Wildman–Crippen MR) is 71.3 cm³/mol. The van der Waals surface area contributed by atoms with Gasteiger partial charge in [-0.2, -0.15) is 0 Å². The van der Waals surface area contributed by atoms with Gasteiger partial charge in [-0.15, -0.1) is 0 Å². The van der Waals surface area contributed by atoms with E-state index in [9.17, 15) is 4.79 Å². The van der Waals surface area contributed by atoms with Gasteiger partial charge in [-0.25, -0.2) is 0 Å². The zero-order chi connectivity index (χ0) is 12.7. The molecule has 2 fully saturated rings. The van der Waals surface area contributed by atoms with Gasteiger partial charge >= 0.3 is 0 Å². The predicted octanol–water partition coefficient (Wildman–Crippen LogP) is 1.80. The molecule has 1 heterocycles. The van der Waals surface area contributed by atoms with E-state index in [1.807, 2.05) is 36.1 Å². The number of hydrogen-bond donors (Lipinski definition) is 1. The van der Waals surface area contributed by atoms with Crippen molar-refractivity contribution >= 4 is 5.91 Å². The zero-order valence-electron chi connectivity index (χ0n) is 10.8. The van der Waals surface area contributed by atoms with Crippen LogP contribution in [0.1, 0.15) is 28.8 Å². The third-order valence-electron chi connectivity index (χ3n) is 4.46. The minimum absolute atomic E-state index is 0.167. The Labute approximate surface area is 108 Å². The van der Waals surface area contributed by atoms with Crippen LogP contribution in [0.5, 0.6) is 0 Å². The van der Waals surface area contributed by atoms with Crippen molar-refractivity contribution < 1.29 is 4.79 Å². The molecule has 1 aromatic carbocycles. The largest absolute Gasteiger partial charge is 0.338 e. The van der Waals surface area contributed by atoms with Crippen molar-refractivity contribution in [2.45, 2.75) is 25.8 Å². The van der Waals surface area contributed by atoms with E-state index in [1.54, 1.807) is 0 Å². The van der Waals surface area contributed by atoms with Crippen LogP contribution < -0.4 is 5.73 Å². The van der Waals surface area contributed by atoms with Crippen LogP contribution in [0, 0.1) is 18.8 Å². The summed E-state index contributed by atoms with van der Waals surface area (Å²) >= 11 is 0. The van der Waals surface area contributed by atoms with Crippen molar-refractivity contribution in [3.8, 4) is 0 Å². The number of carbonyl (C=O) groups is 1. The third kappa shape index (κ3) is 1.93. The first-order valence-electron chi connectivity index (χ1n) is 6.76. The first-order chi connectivity index (χ1) is 8.65. The van der Waals surface area contributed by atoms with Crippen LogP contribution in [0.2, 0.25) is 0 Å². The Morgan fingerprint density at radius 3 is 2.89 bits per heavy atom. The highest BCUT2D eigenvalue weighted by Crippen LogP contribution is 2.37. The molecule has 1 aromatic rings. The maximum atomic E-state index is 12.4. The van der Waals surface area contributed by atoms with Crippen molar-refractivity contribution in [3.05, 3.63) is 35.4 Å². The number of amides is 1. The molecule has 1 aliphatic carbocycles. The van der Waals surface area contributed by atoms with Crippen LogP contribution in [0.4, 0.5) is 0 Å². The summed E-state index contributed by atoms with van der Waals surface area (Å²) in [6.07, 6.45) is 2.31. The number of aryl methyl sites for hydroxylation is 1. The van der Waals surface area contributed by atoms with Gasteiger partial charge in [0.2, 0.25) is 0 Å². The fourth-order valence-electron chi connectivity index (χ4n) is 3.43. The number of carbonyl (C=O) groups excluding carboxylic acids is 1. The van der Waals surface area contributed by atoms with Gasteiger partial charge in [0.05, 0.1) is 0 Å². The molecule has 0 radical (unpaired) electrons. The van der Waals surface area contributed by atoms with Crippen LogP contribution in [-0.4, -0.2) is 29.9 Å². The zero-order valence-corrected chi connectivity index (χ0v) is 10.8. The maximum absolute atomic E-state index is 12.4. The van der Waals surface area contributed by atoms with Crippen LogP contribution in [-0.2, 0) is 0 Å². The van der Waals surface area contributed by atoms with E-state index in [1.165, 1.54) is 6.42 Å². The molecule has 3 rings (SSSR count). The fraction of sp³-hybridized carbons (Fsp3) is 0.533. The van der Waals surface area contributed by atoms with Crippen LogP contribution in [0.25, 0.3) is 0 Å². The summed E-state index contributed by atoms with van der Waals surface area (Å²) in [5.41, 5.74) is 8.05. The lowest BCUT2D eigenvalue weighted by atomic mass is 9.98. The average molecular weight is 244 g/mol. The maximum Gasteiger partial charge on any atom is 0.253 e. The number of benzene rings is 1. The number of likely N-dealkylation sites (tertiary alicyclic amines) is 1. The molecule has 18 heavy (non-hydrogen) atoms. The van der Waals surface area contributed by atoms with Gasteiger partial charge in [0.25, 0.3) is 5.91 Å². The normalized spacial score (nSPS) is 30.6. The van der Waals surface area contributed by atoms with Crippen LogP contribution in [0.15, 0.2) is 24.3 Å². The molecule has 3 nitrogen and oxygen atoms in total. The van der Waals surface area contributed by atoms with Crippen molar-refractivity contribution in [1.29, 1.82) is 0 Å². The molecule has 3 unspecified atom stereocenters. The summed E-state index contributed by atoms with van der Waals surface area (Å²) in [4.78, 5) is 14.4. The van der Waals surface area contributed by atoms with Gasteiger partial charge in [0.15, 0.2) is 0 Å². The standard InChI is InChI=1S/C15H20N2O/c1-10-3-2-4-11(7-10)15(18)17-8-12-5-6-14(16)13(12)9-17/h2-4,7,12-14H,5-6,8-9,16H2,1H3. The quantitative estimate of drug-likeness (QED) is 0.819. The van der Waals surface area contributed by atoms with Crippen molar-refractivity contribution in [1.82, 2.24) is 4.90 Å². The number of fused-ring (bicyclic) bond motifs is 1. The van der Waals surface area contributed by atoms with E-state index in [0.29, 0.717) is 17.9 Å². The second-order valence-electron chi connectivity index (χ2n) is 5.74. The third-order valence-corrected chi connectivity index (χ3v) is 4.46. The molecule has 3 atom stereocenters. The number of hydrogen-bond acceptors (Lipinski definition) is 2. The van der Waals surface area contributed by atoms with E-state index < -0.39 is 0 Å². The summed E-state index contributed by atoms with van der Waals surface area (Å²) in [7, 11) is 0. The molecule has 1 amide bonds. The second kappa shape index (κ2) is 4.39. The van der Waals surface area contributed by atoms with E-state index in [-0.39, 0.29) is 5.91 Å². The monoisotopic (exact) mass is 244 g/mol. The number of nitrogens with zero attached hydrogens (tertiary/aromatic N) is 1. The molecule has 0 spiro atoms. The lowest BCUT2D eigenvalue weighted by Gasteiger charge is -2.19. The Bertz CT molecular complexity index is 471. The minimum atomic E-state index is 0.167. The first-order valence-corrected chi connectivity index (χ1v) is 6.76. The summed E-state index contributed by atoms with van der Waals surface area (Å²) in [5.74, 6) is 1.33. The van der Waals surface area contributed by atoms with E-state index in [4.69, 9.17) is 5.73 Å². The van der Waals surface area contributed by atoms with Crippen molar-refractivity contribution in [3.63, 3.8) is 0 Å².